The minimum absolute atomic E-state index is 0.0192. The van der Waals surface area contributed by atoms with Gasteiger partial charge in [-0.15, -0.1) is 23.1 Å². The Labute approximate surface area is 141 Å². The fourth-order valence-corrected chi connectivity index (χ4v) is 5.47. The van der Waals surface area contributed by atoms with E-state index < -0.39 is 10.0 Å². The van der Waals surface area contributed by atoms with Crippen LogP contribution in [0.3, 0.4) is 0 Å². The van der Waals surface area contributed by atoms with E-state index in [0.717, 1.165) is 16.9 Å². The van der Waals surface area contributed by atoms with E-state index in [4.69, 9.17) is 11.6 Å². The third-order valence-corrected chi connectivity index (χ3v) is 7.18. The molecule has 1 atom stereocenters. The van der Waals surface area contributed by atoms with Gasteiger partial charge < -0.3 is 5.32 Å². The number of carbonyl (C=O) groups excluding carboxylic acids is 1. The van der Waals surface area contributed by atoms with Crippen LogP contribution in [0.25, 0.3) is 0 Å². The zero-order chi connectivity index (χ0) is 15.7. The van der Waals surface area contributed by atoms with Gasteiger partial charge in [-0.1, -0.05) is 23.7 Å². The molecule has 0 aliphatic carbocycles. The Bertz CT molecular complexity index is 819. The van der Waals surface area contributed by atoms with E-state index in [0.29, 0.717) is 15.8 Å². The molecule has 22 heavy (non-hydrogen) atoms. The molecule has 1 aliphatic heterocycles. The molecule has 0 radical (unpaired) electrons. The average Bonchev–Trinajstić information content (AvgIpc) is 3.08. The minimum Gasteiger partial charge on any atom is -0.339 e. The number of amides is 1. The Morgan fingerprint density at radius 1 is 1.27 bits per heavy atom. The van der Waals surface area contributed by atoms with Gasteiger partial charge in [-0.2, -0.15) is 0 Å². The molecule has 1 amide bonds. The lowest BCUT2D eigenvalue weighted by atomic mass is 10.2. The highest BCUT2D eigenvalue weighted by Crippen LogP contribution is 2.32. The predicted octanol–water partition coefficient (Wildman–Crippen LogP) is 3.06. The van der Waals surface area contributed by atoms with Crippen molar-refractivity contribution in [3.8, 4) is 0 Å². The van der Waals surface area contributed by atoms with Crippen LogP contribution in [0, 0.1) is 0 Å². The first-order chi connectivity index (χ1) is 10.4. The Balaban J connectivity index is 1.82. The van der Waals surface area contributed by atoms with Crippen LogP contribution in [0.1, 0.15) is 10.9 Å². The molecule has 116 valence electrons. The number of carbonyl (C=O) groups is 1. The fourth-order valence-electron chi connectivity index (χ4n) is 1.98. The van der Waals surface area contributed by atoms with E-state index in [2.05, 4.69) is 10.0 Å². The third-order valence-electron chi connectivity index (χ3n) is 2.93. The van der Waals surface area contributed by atoms with Gasteiger partial charge in [0.15, 0.2) is 0 Å². The van der Waals surface area contributed by atoms with Gasteiger partial charge in [-0.25, -0.2) is 8.42 Å². The Kier molecular flexibility index (Phi) is 4.35. The number of thioether (sulfide) groups is 1. The van der Waals surface area contributed by atoms with Crippen molar-refractivity contribution in [1.82, 2.24) is 5.32 Å². The van der Waals surface area contributed by atoms with Crippen molar-refractivity contribution in [2.75, 3.05) is 10.5 Å². The molecular formula is C13H11ClN2O3S3. The van der Waals surface area contributed by atoms with Crippen molar-refractivity contribution in [3.05, 3.63) is 46.3 Å². The average molecular weight is 375 g/mol. The van der Waals surface area contributed by atoms with Crippen molar-refractivity contribution >= 4 is 56.3 Å². The van der Waals surface area contributed by atoms with Crippen LogP contribution in [-0.4, -0.2) is 20.1 Å². The van der Waals surface area contributed by atoms with Gasteiger partial charge in [-0.05, 0) is 29.8 Å². The SMILES string of the molecule is O=C1CSC(c2cccc(NS(=O)(=O)c3ccc(Cl)s3)c2)N1. The maximum atomic E-state index is 12.3. The second-order valence-electron chi connectivity index (χ2n) is 4.55. The molecule has 1 aliphatic rings. The van der Waals surface area contributed by atoms with Gasteiger partial charge in [-0.3, -0.25) is 9.52 Å². The van der Waals surface area contributed by atoms with Crippen LogP contribution in [0.5, 0.6) is 0 Å². The van der Waals surface area contributed by atoms with E-state index in [1.165, 1.54) is 17.8 Å². The zero-order valence-corrected chi connectivity index (χ0v) is 14.3. The highest BCUT2D eigenvalue weighted by Gasteiger charge is 2.23. The molecule has 1 aromatic heterocycles. The first-order valence-corrected chi connectivity index (χ1v) is 9.96. The van der Waals surface area contributed by atoms with Gasteiger partial charge in [0.05, 0.1) is 10.1 Å². The lowest BCUT2D eigenvalue weighted by molar-refractivity contribution is -0.118. The number of halogens is 1. The standard InChI is InChI=1S/C13H11ClN2O3S3/c14-10-4-5-12(21-10)22(18,19)16-9-3-1-2-8(6-9)13-15-11(17)7-20-13/h1-6,13,16H,7H2,(H,15,17). The van der Waals surface area contributed by atoms with Crippen LogP contribution < -0.4 is 10.0 Å². The van der Waals surface area contributed by atoms with Gasteiger partial charge >= 0.3 is 0 Å². The van der Waals surface area contributed by atoms with Gasteiger partial charge in [0.2, 0.25) is 5.91 Å². The number of thiophene rings is 1. The monoisotopic (exact) mass is 374 g/mol. The molecule has 0 bridgehead atoms. The van der Waals surface area contributed by atoms with Crippen molar-refractivity contribution in [3.63, 3.8) is 0 Å². The summed E-state index contributed by atoms with van der Waals surface area (Å²) in [4.78, 5) is 11.3. The topological polar surface area (TPSA) is 75.3 Å². The summed E-state index contributed by atoms with van der Waals surface area (Å²) in [5.74, 6) is 0.392. The lowest BCUT2D eigenvalue weighted by Crippen LogP contribution is -2.19. The maximum absolute atomic E-state index is 12.3. The Morgan fingerprint density at radius 3 is 2.73 bits per heavy atom. The van der Waals surface area contributed by atoms with E-state index in [-0.39, 0.29) is 15.5 Å². The summed E-state index contributed by atoms with van der Waals surface area (Å²) in [6.07, 6.45) is 0. The van der Waals surface area contributed by atoms with E-state index in [9.17, 15) is 13.2 Å². The Morgan fingerprint density at radius 2 is 2.09 bits per heavy atom. The number of hydrogen-bond donors (Lipinski definition) is 2. The highest BCUT2D eigenvalue weighted by atomic mass is 35.5. The molecule has 1 saturated heterocycles. The zero-order valence-electron chi connectivity index (χ0n) is 11.1. The molecule has 2 N–H and O–H groups in total. The normalized spacial score (nSPS) is 18.2. The smallest absolute Gasteiger partial charge is 0.271 e. The van der Waals surface area contributed by atoms with Crippen molar-refractivity contribution in [2.24, 2.45) is 0 Å². The first-order valence-electron chi connectivity index (χ1n) is 6.23. The maximum Gasteiger partial charge on any atom is 0.271 e. The summed E-state index contributed by atoms with van der Waals surface area (Å²) in [6.45, 7) is 0. The first kappa shape index (κ1) is 15.7. The molecule has 0 saturated carbocycles. The number of anilines is 1. The summed E-state index contributed by atoms with van der Waals surface area (Å²) < 4.78 is 27.6. The van der Waals surface area contributed by atoms with Gasteiger partial charge in [0.1, 0.15) is 9.58 Å². The summed E-state index contributed by atoms with van der Waals surface area (Å²) in [5.41, 5.74) is 1.30. The van der Waals surface area contributed by atoms with Crippen LogP contribution in [0.15, 0.2) is 40.6 Å². The predicted molar refractivity (Wildman–Crippen MR) is 89.9 cm³/mol. The van der Waals surface area contributed by atoms with Gasteiger partial charge in [0, 0.05) is 5.69 Å². The second kappa shape index (κ2) is 6.11. The number of rotatable bonds is 4. The van der Waals surface area contributed by atoms with Crippen LogP contribution >= 0.6 is 34.7 Å². The molecule has 9 heteroatoms. The van der Waals surface area contributed by atoms with E-state index in [1.54, 1.807) is 24.3 Å². The number of benzene rings is 1. The van der Waals surface area contributed by atoms with Crippen LogP contribution in [0.2, 0.25) is 4.34 Å². The van der Waals surface area contributed by atoms with Gasteiger partial charge in [0.25, 0.3) is 10.0 Å². The molecular weight excluding hydrogens is 364 g/mol. The molecule has 2 heterocycles. The molecule has 1 fully saturated rings. The van der Waals surface area contributed by atoms with Crippen LogP contribution in [-0.2, 0) is 14.8 Å². The lowest BCUT2D eigenvalue weighted by Gasteiger charge is -2.12. The van der Waals surface area contributed by atoms with Crippen molar-refractivity contribution < 1.29 is 13.2 Å². The molecule has 5 nitrogen and oxygen atoms in total. The number of nitrogens with one attached hydrogen (secondary N) is 2. The minimum atomic E-state index is -3.65. The quantitative estimate of drug-likeness (QED) is 0.862. The molecule has 1 unspecified atom stereocenters. The number of sulfonamides is 1. The summed E-state index contributed by atoms with van der Waals surface area (Å²) in [7, 11) is -3.65. The number of hydrogen-bond acceptors (Lipinski definition) is 5. The fraction of sp³-hybridized carbons (Fsp3) is 0.154. The Hall–Kier alpha value is -1.22. The van der Waals surface area contributed by atoms with Crippen LogP contribution in [0.4, 0.5) is 5.69 Å². The molecule has 1 aromatic carbocycles. The summed E-state index contributed by atoms with van der Waals surface area (Å²) >= 11 is 8.25. The molecule has 3 rings (SSSR count). The summed E-state index contributed by atoms with van der Waals surface area (Å²) in [5, 5.41) is 2.68. The molecule has 2 aromatic rings. The largest absolute Gasteiger partial charge is 0.339 e. The van der Waals surface area contributed by atoms with E-state index in [1.807, 2.05) is 6.07 Å². The highest BCUT2D eigenvalue weighted by molar-refractivity contribution is 8.00. The molecule has 0 spiro atoms. The van der Waals surface area contributed by atoms with E-state index >= 15 is 0 Å². The summed E-state index contributed by atoms with van der Waals surface area (Å²) in [6, 6.07) is 9.99. The van der Waals surface area contributed by atoms with Crippen molar-refractivity contribution in [2.45, 2.75) is 9.58 Å². The second-order valence-corrected chi connectivity index (χ2v) is 9.27. The van der Waals surface area contributed by atoms with Crippen molar-refractivity contribution in [1.29, 1.82) is 0 Å². The third kappa shape index (κ3) is 3.40.